The predicted octanol–water partition coefficient (Wildman–Crippen LogP) is -0.566. The minimum Gasteiger partial charge on any atom is -0.297 e. The number of rotatable bonds is 3. The van der Waals surface area contributed by atoms with Gasteiger partial charge in [0.2, 0.25) is 0 Å². The Hall–Kier alpha value is -1.15. The van der Waals surface area contributed by atoms with E-state index in [0.717, 1.165) is 4.57 Å². The maximum atomic E-state index is 12.0. The van der Waals surface area contributed by atoms with Gasteiger partial charge in [-0.05, 0) is 0 Å². The molecule has 0 aromatic carbocycles. The number of H-pyrrole nitrogens is 1. The van der Waals surface area contributed by atoms with E-state index >= 15 is 0 Å². The van der Waals surface area contributed by atoms with E-state index in [1.165, 1.54) is 0 Å². The molecule has 0 atom stereocenters. The standard InChI is InChI=1S/C6H6ClFN2O4S/c7-15(13,14)4-3-10(2-1-8)6(12)9-5(4)11/h3H,1-2H2,(H,9,11,12). The Bertz CT molecular complexity index is 576. The molecule has 1 aromatic rings. The smallest absolute Gasteiger partial charge is 0.297 e. The molecule has 0 aliphatic rings. The average Bonchev–Trinajstić information content (AvgIpc) is 2.07. The summed E-state index contributed by atoms with van der Waals surface area (Å²) in [5, 5.41) is 0. The summed E-state index contributed by atoms with van der Waals surface area (Å²) in [7, 11) is 0.687. The van der Waals surface area contributed by atoms with Gasteiger partial charge in [-0.2, -0.15) is 0 Å². The van der Waals surface area contributed by atoms with Crippen LogP contribution >= 0.6 is 10.7 Å². The summed E-state index contributed by atoms with van der Waals surface area (Å²) in [5.41, 5.74) is -2.01. The monoisotopic (exact) mass is 256 g/mol. The van der Waals surface area contributed by atoms with Crippen LogP contribution in [0.25, 0.3) is 0 Å². The third kappa shape index (κ3) is 2.66. The largest absolute Gasteiger partial charge is 0.328 e. The molecule has 84 valence electrons. The highest BCUT2D eigenvalue weighted by molar-refractivity contribution is 8.13. The van der Waals surface area contributed by atoms with Crippen LogP contribution in [0.15, 0.2) is 20.7 Å². The zero-order valence-corrected chi connectivity index (χ0v) is 8.81. The van der Waals surface area contributed by atoms with Crippen LogP contribution in [0.4, 0.5) is 4.39 Å². The van der Waals surface area contributed by atoms with E-state index in [0.29, 0.717) is 6.20 Å². The first-order chi connectivity index (χ1) is 6.86. The number of halogens is 2. The zero-order chi connectivity index (χ0) is 11.6. The van der Waals surface area contributed by atoms with Gasteiger partial charge in [0.1, 0.15) is 6.67 Å². The molecule has 0 unspecified atom stereocenters. The van der Waals surface area contributed by atoms with E-state index in [9.17, 15) is 22.4 Å². The van der Waals surface area contributed by atoms with Crippen molar-refractivity contribution in [2.24, 2.45) is 0 Å². The lowest BCUT2D eigenvalue weighted by Gasteiger charge is -2.02. The maximum absolute atomic E-state index is 12.0. The van der Waals surface area contributed by atoms with Crippen LogP contribution in [0.5, 0.6) is 0 Å². The van der Waals surface area contributed by atoms with Crippen molar-refractivity contribution in [1.82, 2.24) is 9.55 Å². The third-order valence-electron chi connectivity index (χ3n) is 1.57. The van der Waals surface area contributed by atoms with Crippen LogP contribution in [0.3, 0.4) is 0 Å². The molecule has 0 bridgehead atoms. The lowest BCUT2D eigenvalue weighted by atomic mass is 10.6. The summed E-state index contributed by atoms with van der Waals surface area (Å²) in [4.78, 5) is 23.0. The van der Waals surface area contributed by atoms with E-state index in [4.69, 9.17) is 10.7 Å². The molecule has 0 radical (unpaired) electrons. The molecule has 6 nitrogen and oxygen atoms in total. The number of aryl methyl sites for hydroxylation is 1. The number of hydrogen-bond acceptors (Lipinski definition) is 4. The normalized spacial score (nSPS) is 11.6. The Balaban J connectivity index is 3.51. The lowest BCUT2D eigenvalue weighted by molar-refractivity contribution is 0.434. The first kappa shape index (κ1) is 11.9. The summed E-state index contributed by atoms with van der Waals surface area (Å²) in [6.07, 6.45) is 0.711. The summed E-state index contributed by atoms with van der Waals surface area (Å²) in [5.74, 6) is 0. The van der Waals surface area contributed by atoms with Gasteiger partial charge in [-0.1, -0.05) is 0 Å². The van der Waals surface area contributed by atoms with Crippen LogP contribution in [-0.2, 0) is 15.6 Å². The van der Waals surface area contributed by atoms with Gasteiger partial charge >= 0.3 is 5.69 Å². The van der Waals surface area contributed by atoms with E-state index in [1.807, 2.05) is 0 Å². The Morgan fingerprint density at radius 1 is 1.47 bits per heavy atom. The Morgan fingerprint density at radius 2 is 2.07 bits per heavy atom. The topological polar surface area (TPSA) is 89.0 Å². The van der Waals surface area contributed by atoms with Crippen LogP contribution in [0, 0.1) is 0 Å². The minimum atomic E-state index is -4.24. The molecule has 15 heavy (non-hydrogen) atoms. The fourth-order valence-electron chi connectivity index (χ4n) is 0.920. The number of aromatic amines is 1. The van der Waals surface area contributed by atoms with Crippen molar-refractivity contribution in [1.29, 1.82) is 0 Å². The molecule has 0 aliphatic carbocycles. The van der Waals surface area contributed by atoms with E-state index < -0.39 is 31.9 Å². The second-order valence-electron chi connectivity index (χ2n) is 2.57. The van der Waals surface area contributed by atoms with Crippen molar-refractivity contribution < 1.29 is 12.8 Å². The van der Waals surface area contributed by atoms with Gasteiger partial charge in [-0.25, -0.2) is 17.6 Å². The molecule has 0 amide bonds. The zero-order valence-electron chi connectivity index (χ0n) is 7.24. The Labute approximate surface area is 87.7 Å². The number of hydrogen-bond donors (Lipinski definition) is 1. The first-order valence-corrected chi connectivity index (χ1v) is 6.01. The maximum Gasteiger partial charge on any atom is 0.328 e. The van der Waals surface area contributed by atoms with Crippen molar-refractivity contribution >= 4 is 19.7 Å². The quantitative estimate of drug-likeness (QED) is 0.734. The molecule has 0 fully saturated rings. The molecular weight excluding hydrogens is 251 g/mol. The Kier molecular flexibility index (Phi) is 3.30. The van der Waals surface area contributed by atoms with E-state index in [1.54, 1.807) is 4.98 Å². The minimum absolute atomic E-state index is 0.352. The highest BCUT2D eigenvalue weighted by Gasteiger charge is 2.16. The summed E-state index contributed by atoms with van der Waals surface area (Å²) >= 11 is 0. The number of alkyl halides is 1. The molecule has 0 saturated carbocycles. The van der Waals surface area contributed by atoms with E-state index in [-0.39, 0.29) is 6.54 Å². The van der Waals surface area contributed by atoms with Gasteiger partial charge in [-0.15, -0.1) is 0 Å². The molecule has 1 aromatic heterocycles. The first-order valence-electron chi connectivity index (χ1n) is 3.70. The van der Waals surface area contributed by atoms with Crippen LogP contribution in [0.1, 0.15) is 0 Å². The third-order valence-corrected chi connectivity index (χ3v) is 2.88. The van der Waals surface area contributed by atoms with Crippen LogP contribution in [0.2, 0.25) is 0 Å². The molecule has 0 saturated heterocycles. The molecule has 1 rings (SSSR count). The SMILES string of the molecule is O=c1[nH]c(=O)n(CCF)cc1S(=O)(=O)Cl. The van der Waals surface area contributed by atoms with Crippen molar-refractivity contribution in [3.8, 4) is 0 Å². The summed E-state index contributed by atoms with van der Waals surface area (Å²) in [6, 6.07) is 0. The van der Waals surface area contributed by atoms with Gasteiger partial charge in [0.15, 0.2) is 4.90 Å². The van der Waals surface area contributed by atoms with E-state index in [2.05, 4.69) is 0 Å². The fourth-order valence-corrected chi connectivity index (χ4v) is 1.78. The average molecular weight is 257 g/mol. The number of nitrogens with one attached hydrogen (secondary N) is 1. The van der Waals surface area contributed by atoms with Crippen LogP contribution in [-0.4, -0.2) is 24.6 Å². The van der Waals surface area contributed by atoms with Crippen molar-refractivity contribution in [3.05, 3.63) is 27.0 Å². The molecule has 0 spiro atoms. The highest BCUT2D eigenvalue weighted by atomic mass is 35.7. The van der Waals surface area contributed by atoms with Gasteiger partial charge in [-0.3, -0.25) is 14.3 Å². The number of nitrogens with zero attached hydrogens (tertiary/aromatic N) is 1. The van der Waals surface area contributed by atoms with Gasteiger partial charge in [0.25, 0.3) is 14.6 Å². The van der Waals surface area contributed by atoms with Gasteiger partial charge < -0.3 is 0 Å². The molecule has 1 heterocycles. The summed E-state index contributed by atoms with van der Waals surface area (Å²) in [6.45, 7) is -1.22. The number of aromatic nitrogens is 2. The molecular formula is C6H6ClFN2O4S. The van der Waals surface area contributed by atoms with Crippen LogP contribution < -0.4 is 11.2 Å². The lowest BCUT2D eigenvalue weighted by Crippen LogP contribution is -2.32. The van der Waals surface area contributed by atoms with Gasteiger partial charge in [0, 0.05) is 16.9 Å². The molecule has 1 N–H and O–H groups in total. The highest BCUT2D eigenvalue weighted by Crippen LogP contribution is 2.07. The van der Waals surface area contributed by atoms with Crippen molar-refractivity contribution in [2.75, 3.05) is 6.67 Å². The fraction of sp³-hybridized carbons (Fsp3) is 0.333. The Morgan fingerprint density at radius 3 is 2.53 bits per heavy atom. The predicted molar refractivity (Wildman–Crippen MR) is 50.3 cm³/mol. The van der Waals surface area contributed by atoms with Crippen molar-refractivity contribution in [3.63, 3.8) is 0 Å². The van der Waals surface area contributed by atoms with Gasteiger partial charge in [0.05, 0.1) is 6.54 Å². The second kappa shape index (κ2) is 4.15. The van der Waals surface area contributed by atoms with Crippen molar-refractivity contribution in [2.45, 2.75) is 11.4 Å². The summed E-state index contributed by atoms with van der Waals surface area (Å²) < 4.78 is 34.4. The molecule has 0 aliphatic heterocycles. The molecule has 9 heteroatoms. The second-order valence-corrected chi connectivity index (χ2v) is 5.11.